The number of aromatic hydroxyl groups is 1. The first kappa shape index (κ1) is 20.6. The fraction of sp³-hybridized carbons (Fsp3) is 0.207. The van der Waals surface area contributed by atoms with Crippen LogP contribution in [0, 0.1) is 0 Å². The van der Waals surface area contributed by atoms with Crippen molar-refractivity contribution in [3.63, 3.8) is 0 Å². The van der Waals surface area contributed by atoms with E-state index in [1.54, 1.807) is 12.1 Å². The van der Waals surface area contributed by atoms with E-state index < -0.39 is 0 Å². The molecule has 0 amide bonds. The van der Waals surface area contributed by atoms with E-state index in [9.17, 15) is 5.11 Å². The summed E-state index contributed by atoms with van der Waals surface area (Å²) >= 11 is 0. The Kier molecular flexibility index (Phi) is 5.30. The van der Waals surface area contributed by atoms with Crippen molar-refractivity contribution in [3.05, 3.63) is 78.9 Å². The van der Waals surface area contributed by atoms with Crippen LogP contribution in [0.1, 0.15) is 32.1 Å². The maximum absolute atomic E-state index is 10.5. The number of ether oxygens (including phenoxy) is 1. The van der Waals surface area contributed by atoms with Gasteiger partial charge in [-0.25, -0.2) is 4.98 Å². The number of nitrogens with zero attached hydrogens (tertiary/aromatic N) is 3. The summed E-state index contributed by atoms with van der Waals surface area (Å²) < 4.78 is 6.30. The first-order valence-electron chi connectivity index (χ1n) is 11.9. The van der Waals surface area contributed by atoms with Gasteiger partial charge in [-0.3, -0.25) is 0 Å². The first-order valence-corrected chi connectivity index (χ1v) is 11.9. The molecule has 6 rings (SSSR count). The highest BCUT2D eigenvalue weighted by Crippen LogP contribution is 2.37. The lowest BCUT2D eigenvalue weighted by Gasteiger charge is -2.22. The van der Waals surface area contributed by atoms with Gasteiger partial charge in [0.05, 0.1) is 5.56 Å². The van der Waals surface area contributed by atoms with E-state index in [1.807, 2.05) is 36.4 Å². The maximum atomic E-state index is 10.5. The molecule has 0 bridgehead atoms. The second kappa shape index (κ2) is 8.75. The van der Waals surface area contributed by atoms with Crippen LogP contribution in [-0.2, 0) is 0 Å². The molecule has 1 saturated carbocycles. The normalized spacial score (nSPS) is 14.5. The van der Waals surface area contributed by atoms with Gasteiger partial charge >= 0.3 is 6.01 Å². The van der Waals surface area contributed by atoms with Crippen molar-refractivity contribution in [2.45, 2.75) is 38.2 Å². The number of phenols is 1. The Labute approximate surface area is 198 Å². The van der Waals surface area contributed by atoms with E-state index in [2.05, 4.69) is 35.3 Å². The minimum Gasteiger partial charge on any atom is -0.507 e. The predicted octanol–water partition coefficient (Wildman–Crippen LogP) is 6.93. The van der Waals surface area contributed by atoms with Gasteiger partial charge in [0, 0.05) is 5.56 Å². The van der Waals surface area contributed by atoms with Crippen molar-refractivity contribution >= 4 is 21.5 Å². The Morgan fingerprint density at radius 2 is 1.29 bits per heavy atom. The average Bonchev–Trinajstić information content (AvgIpc) is 2.88. The van der Waals surface area contributed by atoms with Crippen LogP contribution >= 0.6 is 0 Å². The molecule has 1 heterocycles. The van der Waals surface area contributed by atoms with Crippen LogP contribution in [0.15, 0.2) is 78.9 Å². The molecule has 0 aliphatic heterocycles. The zero-order valence-electron chi connectivity index (χ0n) is 18.8. The molecule has 0 atom stereocenters. The summed E-state index contributed by atoms with van der Waals surface area (Å²) in [4.78, 5) is 14.3. The molecule has 1 aliphatic carbocycles. The van der Waals surface area contributed by atoms with Crippen LogP contribution in [0.2, 0.25) is 0 Å². The summed E-state index contributed by atoms with van der Waals surface area (Å²) in [5.41, 5.74) is 1.51. The fourth-order valence-electron chi connectivity index (χ4n) is 4.89. The van der Waals surface area contributed by atoms with Crippen LogP contribution in [0.5, 0.6) is 11.8 Å². The smallest absolute Gasteiger partial charge is 0.320 e. The number of benzene rings is 4. The van der Waals surface area contributed by atoms with E-state index in [4.69, 9.17) is 14.7 Å². The molecule has 0 saturated heterocycles. The number of rotatable bonds is 4. The SMILES string of the molecule is Oc1ccccc1-c1nc(OC2CCCCC2)nc(-c2c3ccccc3cc3ccccc23)n1. The van der Waals surface area contributed by atoms with Crippen LogP contribution < -0.4 is 4.74 Å². The summed E-state index contributed by atoms with van der Waals surface area (Å²) in [6.07, 6.45) is 5.67. The van der Waals surface area contributed by atoms with E-state index in [0.29, 0.717) is 23.2 Å². The zero-order chi connectivity index (χ0) is 22.9. The topological polar surface area (TPSA) is 68.1 Å². The number of hydrogen-bond acceptors (Lipinski definition) is 5. The highest BCUT2D eigenvalue weighted by molar-refractivity contribution is 6.11. The maximum Gasteiger partial charge on any atom is 0.320 e. The molecule has 5 heteroatoms. The number of fused-ring (bicyclic) bond motifs is 2. The third kappa shape index (κ3) is 3.83. The van der Waals surface area contributed by atoms with Crippen LogP contribution in [0.25, 0.3) is 44.3 Å². The Morgan fingerprint density at radius 3 is 2.00 bits per heavy atom. The molecule has 0 unspecified atom stereocenters. The van der Waals surface area contributed by atoms with Crippen LogP contribution in [0.3, 0.4) is 0 Å². The van der Waals surface area contributed by atoms with E-state index in [-0.39, 0.29) is 11.9 Å². The third-order valence-corrected chi connectivity index (χ3v) is 6.58. The van der Waals surface area contributed by atoms with Gasteiger partial charge in [-0.1, -0.05) is 67.1 Å². The van der Waals surface area contributed by atoms with Gasteiger partial charge in [0.1, 0.15) is 11.9 Å². The molecule has 4 aromatic carbocycles. The molecule has 5 nitrogen and oxygen atoms in total. The van der Waals surface area contributed by atoms with Gasteiger partial charge in [0.2, 0.25) is 0 Å². The molecule has 0 radical (unpaired) electrons. The van der Waals surface area contributed by atoms with Crippen molar-refractivity contribution < 1.29 is 9.84 Å². The Morgan fingerprint density at radius 1 is 0.676 bits per heavy atom. The Hall–Kier alpha value is -3.99. The molecule has 34 heavy (non-hydrogen) atoms. The van der Waals surface area contributed by atoms with Crippen LogP contribution in [0.4, 0.5) is 0 Å². The third-order valence-electron chi connectivity index (χ3n) is 6.58. The first-order chi connectivity index (χ1) is 16.8. The summed E-state index contributed by atoms with van der Waals surface area (Å²) in [5, 5.41) is 14.9. The lowest BCUT2D eigenvalue weighted by atomic mass is 9.96. The summed E-state index contributed by atoms with van der Waals surface area (Å²) in [7, 11) is 0. The van der Waals surface area contributed by atoms with Gasteiger partial charge in [-0.05, 0) is 65.4 Å². The monoisotopic (exact) mass is 447 g/mol. The van der Waals surface area contributed by atoms with Crippen molar-refractivity contribution in [2.75, 3.05) is 0 Å². The molecule has 1 aliphatic rings. The van der Waals surface area contributed by atoms with E-state index in [0.717, 1.165) is 52.8 Å². The Bertz CT molecular complexity index is 1440. The molecule has 1 aromatic heterocycles. The quantitative estimate of drug-likeness (QED) is 0.303. The standard InChI is InChI=1S/C29H25N3O2/c33-25-17-9-8-16-24(25)27-30-28(32-29(31-27)34-21-12-2-1-3-13-21)26-22-14-6-4-10-19(22)18-20-11-5-7-15-23(20)26/h4-11,14-18,21,33H,1-3,12-13H2. The fourth-order valence-corrected chi connectivity index (χ4v) is 4.89. The molecular weight excluding hydrogens is 422 g/mol. The van der Waals surface area contributed by atoms with Crippen molar-refractivity contribution in [1.29, 1.82) is 0 Å². The zero-order valence-corrected chi connectivity index (χ0v) is 18.8. The molecular formula is C29H25N3O2. The summed E-state index contributed by atoms with van der Waals surface area (Å²) in [6.45, 7) is 0. The second-order valence-corrected chi connectivity index (χ2v) is 8.85. The van der Waals surface area contributed by atoms with E-state index >= 15 is 0 Å². The number of para-hydroxylation sites is 1. The average molecular weight is 448 g/mol. The van der Waals surface area contributed by atoms with Gasteiger partial charge in [-0.2, -0.15) is 9.97 Å². The van der Waals surface area contributed by atoms with E-state index in [1.165, 1.54) is 6.42 Å². The lowest BCUT2D eigenvalue weighted by Crippen LogP contribution is -2.21. The van der Waals surface area contributed by atoms with Gasteiger partial charge in [0.25, 0.3) is 0 Å². The highest BCUT2D eigenvalue weighted by Gasteiger charge is 2.21. The highest BCUT2D eigenvalue weighted by atomic mass is 16.5. The Balaban J connectivity index is 1.60. The second-order valence-electron chi connectivity index (χ2n) is 8.85. The van der Waals surface area contributed by atoms with Crippen molar-refractivity contribution in [3.8, 4) is 34.5 Å². The molecule has 168 valence electrons. The molecule has 1 fully saturated rings. The van der Waals surface area contributed by atoms with Crippen LogP contribution in [-0.4, -0.2) is 26.2 Å². The largest absolute Gasteiger partial charge is 0.507 e. The molecule has 1 N–H and O–H groups in total. The predicted molar refractivity (Wildman–Crippen MR) is 135 cm³/mol. The number of phenolic OH excluding ortho intramolecular Hbond substituents is 1. The molecule has 0 spiro atoms. The van der Waals surface area contributed by atoms with Crippen molar-refractivity contribution in [2.24, 2.45) is 0 Å². The minimum absolute atomic E-state index is 0.102. The van der Waals surface area contributed by atoms with Crippen molar-refractivity contribution in [1.82, 2.24) is 15.0 Å². The summed E-state index contributed by atoms with van der Waals surface area (Å²) in [5.74, 6) is 1.09. The lowest BCUT2D eigenvalue weighted by molar-refractivity contribution is 0.142. The number of hydrogen-bond donors (Lipinski definition) is 1. The van der Waals surface area contributed by atoms with Gasteiger partial charge in [-0.15, -0.1) is 0 Å². The number of aromatic nitrogens is 3. The minimum atomic E-state index is 0.102. The van der Waals surface area contributed by atoms with Gasteiger partial charge in [0.15, 0.2) is 11.6 Å². The van der Waals surface area contributed by atoms with Gasteiger partial charge < -0.3 is 9.84 Å². The summed E-state index contributed by atoms with van der Waals surface area (Å²) in [6, 6.07) is 26.2. The molecule has 5 aromatic rings.